The number of nitrogens with two attached hydrogens (primary N) is 1. The predicted molar refractivity (Wildman–Crippen MR) is 67.8 cm³/mol. The summed E-state index contributed by atoms with van der Waals surface area (Å²) in [5.74, 6) is -0.887. The minimum atomic E-state index is -0.570. The van der Waals surface area contributed by atoms with Gasteiger partial charge in [0.1, 0.15) is 0 Å². The molecule has 0 aliphatic carbocycles. The van der Waals surface area contributed by atoms with Crippen LogP contribution in [0.4, 0.5) is 0 Å². The third-order valence-electron chi connectivity index (χ3n) is 2.26. The van der Waals surface area contributed by atoms with E-state index >= 15 is 0 Å². The first-order valence-electron chi connectivity index (χ1n) is 5.55. The Kier molecular flexibility index (Phi) is 5.07. The van der Waals surface area contributed by atoms with Crippen LogP contribution < -0.4 is 5.73 Å². The summed E-state index contributed by atoms with van der Waals surface area (Å²) in [4.78, 5) is 28.3. The number of nitrogens with zero attached hydrogens (tertiary/aromatic N) is 1. The molecule has 0 aromatic heterocycles. The second-order valence-corrected chi connectivity index (χ2v) is 3.53. The lowest BCUT2D eigenvalue weighted by molar-refractivity contribution is -0.108. The maximum Gasteiger partial charge on any atom is 0.277 e. The number of hydroxylamine groups is 2. The maximum absolute atomic E-state index is 12.1. The fourth-order valence-corrected chi connectivity index (χ4v) is 1.39. The van der Waals surface area contributed by atoms with Crippen LogP contribution in [0, 0.1) is 0 Å². The van der Waals surface area contributed by atoms with Crippen molar-refractivity contribution in [2.45, 2.75) is 6.92 Å². The van der Waals surface area contributed by atoms with Crippen LogP contribution in [0.25, 0.3) is 0 Å². The van der Waals surface area contributed by atoms with Crippen LogP contribution in [0.15, 0.2) is 36.9 Å². The van der Waals surface area contributed by atoms with Crippen LogP contribution in [0.1, 0.15) is 27.6 Å². The van der Waals surface area contributed by atoms with Crippen LogP contribution >= 0.6 is 0 Å². The van der Waals surface area contributed by atoms with Crippen molar-refractivity contribution in [2.75, 3.05) is 13.2 Å². The van der Waals surface area contributed by atoms with Gasteiger partial charge in [-0.2, -0.15) is 0 Å². The molecule has 5 heteroatoms. The molecule has 96 valence electrons. The van der Waals surface area contributed by atoms with Crippen molar-refractivity contribution >= 4 is 11.8 Å². The van der Waals surface area contributed by atoms with Gasteiger partial charge in [-0.05, 0) is 25.1 Å². The largest absolute Gasteiger partial charge is 0.366 e. The number of benzene rings is 1. The Morgan fingerprint density at radius 1 is 1.44 bits per heavy atom. The second-order valence-electron chi connectivity index (χ2n) is 3.53. The van der Waals surface area contributed by atoms with Crippen LogP contribution in [0.5, 0.6) is 0 Å². The van der Waals surface area contributed by atoms with E-state index in [0.717, 1.165) is 0 Å². The molecule has 2 amide bonds. The second kappa shape index (κ2) is 6.56. The molecule has 0 spiro atoms. The van der Waals surface area contributed by atoms with E-state index in [1.54, 1.807) is 31.2 Å². The average molecular weight is 248 g/mol. The molecule has 1 aromatic carbocycles. The highest BCUT2D eigenvalue weighted by Gasteiger charge is 2.15. The van der Waals surface area contributed by atoms with Gasteiger partial charge in [-0.1, -0.05) is 12.1 Å². The van der Waals surface area contributed by atoms with Crippen molar-refractivity contribution in [3.8, 4) is 0 Å². The maximum atomic E-state index is 12.1. The number of hydrogen-bond acceptors (Lipinski definition) is 3. The van der Waals surface area contributed by atoms with Gasteiger partial charge in [0, 0.05) is 17.7 Å². The molecule has 5 nitrogen and oxygen atoms in total. The topological polar surface area (TPSA) is 72.6 Å². The number of amides is 2. The Morgan fingerprint density at radius 2 is 2.11 bits per heavy atom. The van der Waals surface area contributed by atoms with Crippen LogP contribution in [-0.4, -0.2) is 30.0 Å². The molecule has 0 saturated carbocycles. The minimum absolute atomic E-state index is 0.245. The van der Waals surface area contributed by atoms with E-state index in [1.165, 1.54) is 11.1 Å². The van der Waals surface area contributed by atoms with Gasteiger partial charge in [0.2, 0.25) is 5.91 Å². The smallest absolute Gasteiger partial charge is 0.277 e. The lowest BCUT2D eigenvalue weighted by Gasteiger charge is -2.19. The summed E-state index contributed by atoms with van der Waals surface area (Å²) in [6.45, 7) is 5.94. The quantitative estimate of drug-likeness (QED) is 0.610. The van der Waals surface area contributed by atoms with Gasteiger partial charge < -0.3 is 5.73 Å². The first-order valence-corrected chi connectivity index (χ1v) is 5.55. The third kappa shape index (κ3) is 3.43. The zero-order valence-electron chi connectivity index (χ0n) is 10.3. The van der Waals surface area contributed by atoms with Gasteiger partial charge in [0.25, 0.3) is 5.91 Å². The van der Waals surface area contributed by atoms with E-state index in [0.29, 0.717) is 17.7 Å². The molecule has 1 rings (SSSR count). The first-order chi connectivity index (χ1) is 8.60. The zero-order valence-corrected chi connectivity index (χ0v) is 10.3. The van der Waals surface area contributed by atoms with Crippen LogP contribution in [-0.2, 0) is 4.84 Å². The van der Waals surface area contributed by atoms with Gasteiger partial charge in [0.15, 0.2) is 0 Å². The van der Waals surface area contributed by atoms with E-state index in [1.807, 2.05) is 0 Å². The molecular formula is C13H16N2O3. The third-order valence-corrected chi connectivity index (χ3v) is 2.26. The van der Waals surface area contributed by atoms with Gasteiger partial charge in [-0.3, -0.25) is 14.4 Å². The highest BCUT2D eigenvalue weighted by molar-refractivity contribution is 5.98. The van der Waals surface area contributed by atoms with E-state index in [2.05, 4.69) is 6.58 Å². The molecule has 0 saturated heterocycles. The van der Waals surface area contributed by atoms with Gasteiger partial charge >= 0.3 is 0 Å². The summed E-state index contributed by atoms with van der Waals surface area (Å²) >= 11 is 0. The Morgan fingerprint density at radius 3 is 2.67 bits per heavy atom. The molecule has 0 atom stereocenters. The molecule has 0 fully saturated rings. The van der Waals surface area contributed by atoms with Crippen molar-refractivity contribution in [3.63, 3.8) is 0 Å². The van der Waals surface area contributed by atoms with Crippen molar-refractivity contribution < 1.29 is 14.4 Å². The first kappa shape index (κ1) is 13.9. The monoisotopic (exact) mass is 248 g/mol. The number of hydrogen-bond donors (Lipinski definition) is 1. The van der Waals surface area contributed by atoms with Crippen molar-refractivity contribution in [2.24, 2.45) is 5.73 Å². The predicted octanol–water partition coefficient (Wildman–Crippen LogP) is 1.37. The zero-order chi connectivity index (χ0) is 13.5. The highest BCUT2D eigenvalue weighted by atomic mass is 16.7. The normalized spacial score (nSPS) is 9.83. The van der Waals surface area contributed by atoms with Crippen LogP contribution in [0.3, 0.4) is 0 Å². The molecule has 2 N–H and O–H groups in total. The molecule has 18 heavy (non-hydrogen) atoms. The Bertz CT molecular complexity index is 457. The van der Waals surface area contributed by atoms with E-state index in [4.69, 9.17) is 10.6 Å². The molecule has 0 radical (unpaired) electrons. The van der Waals surface area contributed by atoms with Crippen molar-refractivity contribution in [1.82, 2.24) is 5.06 Å². The lowest BCUT2D eigenvalue weighted by Crippen LogP contribution is -2.31. The van der Waals surface area contributed by atoms with Gasteiger partial charge in [0.05, 0.1) is 6.61 Å². The molecule has 0 aliphatic heterocycles. The average Bonchev–Trinajstić information content (AvgIpc) is 2.39. The summed E-state index contributed by atoms with van der Waals surface area (Å²) < 4.78 is 0. The molecule has 0 heterocycles. The molecular weight excluding hydrogens is 232 g/mol. The minimum Gasteiger partial charge on any atom is -0.366 e. The Hall–Kier alpha value is -2.14. The number of carbonyl (C=O) groups excluding carboxylic acids is 2. The summed E-state index contributed by atoms with van der Waals surface area (Å²) in [6.07, 6.45) is 1.55. The number of carbonyl (C=O) groups is 2. The van der Waals surface area contributed by atoms with E-state index in [9.17, 15) is 9.59 Å². The fourth-order valence-electron chi connectivity index (χ4n) is 1.39. The number of rotatable bonds is 6. The number of primary amides is 1. The Labute approximate surface area is 106 Å². The van der Waals surface area contributed by atoms with E-state index < -0.39 is 5.91 Å². The van der Waals surface area contributed by atoms with E-state index in [-0.39, 0.29) is 12.5 Å². The summed E-state index contributed by atoms with van der Waals surface area (Å²) in [6, 6.07) is 6.22. The van der Waals surface area contributed by atoms with Gasteiger partial charge in [-0.15, -0.1) is 6.58 Å². The Balaban J connectivity index is 2.90. The van der Waals surface area contributed by atoms with Crippen molar-refractivity contribution in [1.29, 1.82) is 0 Å². The molecule has 1 aromatic rings. The summed E-state index contributed by atoms with van der Waals surface area (Å²) in [5.41, 5.74) is 5.81. The summed E-state index contributed by atoms with van der Waals surface area (Å²) in [5, 5.41) is 1.21. The van der Waals surface area contributed by atoms with Gasteiger partial charge in [-0.25, -0.2) is 5.06 Å². The van der Waals surface area contributed by atoms with Crippen LogP contribution in [0.2, 0.25) is 0 Å². The molecule has 0 aliphatic rings. The van der Waals surface area contributed by atoms with Crippen molar-refractivity contribution in [3.05, 3.63) is 48.0 Å². The molecule has 0 bridgehead atoms. The summed E-state index contributed by atoms with van der Waals surface area (Å²) in [7, 11) is 0. The molecule has 0 unspecified atom stereocenters. The highest BCUT2D eigenvalue weighted by Crippen LogP contribution is 2.08. The standard InChI is InChI=1S/C13H16N2O3/c1-3-8-18-15(4-2)13(17)11-7-5-6-10(9-11)12(14)16/h3,5-7,9H,1,4,8H2,2H3,(H2,14,16). The lowest BCUT2D eigenvalue weighted by atomic mass is 10.1. The fraction of sp³-hybridized carbons (Fsp3) is 0.231. The SMILES string of the molecule is C=CCON(CC)C(=O)c1cccc(C(N)=O)c1.